The van der Waals surface area contributed by atoms with Crippen LogP contribution in [0.5, 0.6) is 0 Å². The summed E-state index contributed by atoms with van der Waals surface area (Å²) in [5, 5.41) is 14.7. The van der Waals surface area contributed by atoms with Gasteiger partial charge >= 0.3 is 0 Å². The largest absolute Gasteiger partial charge is 0.456 e. The predicted octanol–water partition coefficient (Wildman–Crippen LogP) is 16.0. The molecule has 0 N–H and O–H groups in total. The summed E-state index contributed by atoms with van der Waals surface area (Å²) in [6, 6.07) is 75.3. The zero-order chi connectivity index (χ0) is 37.5. The molecule has 57 heavy (non-hydrogen) atoms. The summed E-state index contributed by atoms with van der Waals surface area (Å²) in [5.74, 6) is 0. The summed E-state index contributed by atoms with van der Waals surface area (Å²) in [7, 11) is 0. The molecule has 12 rings (SSSR count). The molecule has 264 valence electrons. The van der Waals surface area contributed by atoms with Gasteiger partial charge in [0.2, 0.25) is 0 Å². The number of rotatable bonds is 4. The zero-order valence-corrected chi connectivity index (χ0v) is 31.0. The average molecular weight is 723 g/mol. The van der Waals surface area contributed by atoms with Crippen LogP contribution >= 0.6 is 0 Å². The second kappa shape index (κ2) is 12.5. The molecule has 1 heteroatoms. The van der Waals surface area contributed by atoms with E-state index in [2.05, 4.69) is 206 Å². The van der Waals surface area contributed by atoms with Crippen LogP contribution in [-0.4, -0.2) is 0 Å². The minimum absolute atomic E-state index is 0.905. The lowest BCUT2D eigenvalue weighted by Crippen LogP contribution is -1.92. The topological polar surface area (TPSA) is 13.1 Å². The van der Waals surface area contributed by atoms with Gasteiger partial charge in [0.05, 0.1) is 0 Å². The van der Waals surface area contributed by atoms with Gasteiger partial charge in [0.25, 0.3) is 0 Å². The van der Waals surface area contributed by atoms with Gasteiger partial charge < -0.3 is 4.42 Å². The Balaban J connectivity index is 1.05. The van der Waals surface area contributed by atoms with E-state index in [0.717, 1.165) is 21.9 Å². The van der Waals surface area contributed by atoms with Crippen LogP contribution in [0.3, 0.4) is 0 Å². The highest BCUT2D eigenvalue weighted by molar-refractivity contribution is 6.26. The lowest BCUT2D eigenvalue weighted by molar-refractivity contribution is 0.669. The number of fused-ring (bicyclic) bond motifs is 9. The Labute approximate surface area is 329 Å². The van der Waals surface area contributed by atoms with Crippen molar-refractivity contribution in [3.05, 3.63) is 206 Å². The van der Waals surface area contributed by atoms with Crippen molar-refractivity contribution in [1.29, 1.82) is 0 Å². The maximum Gasteiger partial charge on any atom is 0.136 e. The molecule has 0 saturated carbocycles. The second-order valence-corrected chi connectivity index (χ2v) is 15.1. The molecule has 0 fully saturated rings. The molecule has 0 bridgehead atoms. The van der Waals surface area contributed by atoms with Crippen molar-refractivity contribution < 1.29 is 4.42 Å². The molecule has 0 aliphatic heterocycles. The highest BCUT2D eigenvalue weighted by Crippen LogP contribution is 2.48. The SMILES string of the molecule is c1ccc(-c2cc3ccccc3c3ccccc23)c(-c2ccc(-c3c4ccccc4c(-c4cccc5oc6cc7ccccc7cc6c45)c4ccccc34)cc2)c1. The van der Waals surface area contributed by atoms with Crippen molar-refractivity contribution in [2.45, 2.75) is 0 Å². The van der Waals surface area contributed by atoms with Crippen LogP contribution < -0.4 is 0 Å². The molecular formula is C56H34O. The summed E-state index contributed by atoms with van der Waals surface area (Å²) in [6.07, 6.45) is 0. The fourth-order valence-electron chi connectivity index (χ4n) is 9.51. The van der Waals surface area contributed by atoms with Crippen LogP contribution in [0.15, 0.2) is 211 Å². The Bertz CT molecular complexity index is 3510. The van der Waals surface area contributed by atoms with Crippen LogP contribution in [0.25, 0.3) is 120 Å². The van der Waals surface area contributed by atoms with E-state index in [-0.39, 0.29) is 0 Å². The van der Waals surface area contributed by atoms with Crippen LogP contribution in [0, 0.1) is 0 Å². The first-order valence-electron chi connectivity index (χ1n) is 19.7. The van der Waals surface area contributed by atoms with Crippen molar-refractivity contribution in [3.63, 3.8) is 0 Å². The van der Waals surface area contributed by atoms with E-state index in [4.69, 9.17) is 4.42 Å². The molecule has 1 nitrogen and oxygen atoms in total. The van der Waals surface area contributed by atoms with Crippen LogP contribution in [-0.2, 0) is 0 Å². The van der Waals surface area contributed by atoms with E-state index in [0.29, 0.717) is 0 Å². The van der Waals surface area contributed by atoms with Crippen LogP contribution in [0.1, 0.15) is 0 Å². The summed E-state index contributed by atoms with van der Waals surface area (Å²) in [6.45, 7) is 0. The van der Waals surface area contributed by atoms with Gasteiger partial charge in [-0.25, -0.2) is 0 Å². The Morgan fingerprint density at radius 3 is 1.46 bits per heavy atom. The number of furan rings is 1. The number of hydrogen-bond donors (Lipinski definition) is 0. The molecule has 12 aromatic rings. The van der Waals surface area contributed by atoms with E-state index >= 15 is 0 Å². The van der Waals surface area contributed by atoms with Crippen LogP contribution in [0.4, 0.5) is 0 Å². The van der Waals surface area contributed by atoms with Gasteiger partial charge in [-0.3, -0.25) is 0 Å². The fraction of sp³-hybridized carbons (Fsp3) is 0. The van der Waals surface area contributed by atoms with E-state index in [9.17, 15) is 0 Å². The summed E-state index contributed by atoms with van der Waals surface area (Å²) < 4.78 is 6.56. The minimum Gasteiger partial charge on any atom is -0.456 e. The maximum atomic E-state index is 6.56. The van der Waals surface area contributed by atoms with E-state index in [1.54, 1.807) is 0 Å². The van der Waals surface area contributed by atoms with Gasteiger partial charge in [-0.05, 0) is 123 Å². The smallest absolute Gasteiger partial charge is 0.136 e. The first-order chi connectivity index (χ1) is 28.3. The minimum atomic E-state index is 0.905. The zero-order valence-electron chi connectivity index (χ0n) is 31.0. The standard InChI is InChI=1S/C56H34O/c1-2-15-38-34-53-51(32-37(38)14-1)56-49(26-13-27-52(56)57-53)55-47-24-11-9-22-45(47)54(46-23-10-12-25-48(46)55)36-30-28-35(29-31-36)40-17-5-6-20-43(40)50-33-39-16-3-4-18-41(39)42-19-7-8-21-44(42)50/h1-34H. The Morgan fingerprint density at radius 2 is 0.754 bits per heavy atom. The molecular weight excluding hydrogens is 689 g/mol. The first-order valence-corrected chi connectivity index (χ1v) is 19.7. The molecule has 0 radical (unpaired) electrons. The number of hydrogen-bond acceptors (Lipinski definition) is 1. The molecule has 1 heterocycles. The van der Waals surface area contributed by atoms with Crippen molar-refractivity contribution in [1.82, 2.24) is 0 Å². The lowest BCUT2D eigenvalue weighted by atomic mass is 9.84. The monoisotopic (exact) mass is 722 g/mol. The van der Waals surface area contributed by atoms with Crippen molar-refractivity contribution in [3.8, 4) is 44.5 Å². The molecule has 0 aliphatic rings. The maximum absolute atomic E-state index is 6.56. The van der Waals surface area contributed by atoms with Gasteiger partial charge in [0.1, 0.15) is 11.2 Å². The van der Waals surface area contributed by atoms with Crippen molar-refractivity contribution in [2.75, 3.05) is 0 Å². The van der Waals surface area contributed by atoms with Crippen molar-refractivity contribution >= 4 is 75.8 Å². The van der Waals surface area contributed by atoms with E-state index < -0.39 is 0 Å². The number of benzene rings is 11. The fourth-order valence-corrected chi connectivity index (χ4v) is 9.51. The third-order valence-corrected chi connectivity index (χ3v) is 12.0. The molecule has 0 saturated heterocycles. The molecule has 0 amide bonds. The first kappa shape index (κ1) is 31.8. The molecule has 0 spiro atoms. The van der Waals surface area contributed by atoms with E-state index in [1.165, 1.54) is 98.4 Å². The molecule has 11 aromatic carbocycles. The highest BCUT2D eigenvalue weighted by Gasteiger charge is 2.21. The third-order valence-electron chi connectivity index (χ3n) is 12.0. The second-order valence-electron chi connectivity index (χ2n) is 15.1. The van der Waals surface area contributed by atoms with Gasteiger partial charge in [0.15, 0.2) is 0 Å². The Morgan fingerprint density at radius 1 is 0.246 bits per heavy atom. The average Bonchev–Trinajstić information content (AvgIpc) is 3.65. The summed E-state index contributed by atoms with van der Waals surface area (Å²) in [5.41, 5.74) is 11.6. The third kappa shape index (κ3) is 4.89. The normalized spacial score (nSPS) is 11.9. The Kier molecular flexibility index (Phi) is 7.00. The van der Waals surface area contributed by atoms with Gasteiger partial charge in [-0.2, -0.15) is 0 Å². The van der Waals surface area contributed by atoms with Crippen molar-refractivity contribution in [2.24, 2.45) is 0 Å². The summed E-state index contributed by atoms with van der Waals surface area (Å²) >= 11 is 0. The Hall–Kier alpha value is -7.48. The summed E-state index contributed by atoms with van der Waals surface area (Å²) in [4.78, 5) is 0. The van der Waals surface area contributed by atoms with Gasteiger partial charge in [-0.1, -0.05) is 182 Å². The molecule has 0 aliphatic carbocycles. The van der Waals surface area contributed by atoms with Crippen LogP contribution in [0.2, 0.25) is 0 Å². The molecule has 0 atom stereocenters. The van der Waals surface area contributed by atoms with E-state index in [1.807, 2.05) is 0 Å². The predicted molar refractivity (Wildman–Crippen MR) is 243 cm³/mol. The molecule has 0 unspecified atom stereocenters. The highest BCUT2D eigenvalue weighted by atomic mass is 16.3. The van der Waals surface area contributed by atoms with Gasteiger partial charge in [-0.15, -0.1) is 0 Å². The molecule has 1 aromatic heterocycles. The van der Waals surface area contributed by atoms with Gasteiger partial charge in [0, 0.05) is 10.8 Å². The quantitative estimate of drug-likeness (QED) is 0.130. The lowest BCUT2D eigenvalue weighted by Gasteiger charge is -2.19.